The Morgan fingerprint density at radius 1 is 0.568 bits per heavy atom. The summed E-state index contributed by atoms with van der Waals surface area (Å²) in [5, 5.41) is 4.54. The molecule has 0 bridgehead atoms. The van der Waals surface area contributed by atoms with E-state index in [4.69, 9.17) is 19.1 Å². The molecule has 0 N–H and O–H groups in total. The summed E-state index contributed by atoms with van der Waals surface area (Å²) in [6.45, 7) is 28.3. The van der Waals surface area contributed by atoms with Crippen molar-refractivity contribution >= 4 is 0 Å². The van der Waals surface area contributed by atoms with Crippen LogP contribution in [0.25, 0.3) is 0 Å². The minimum Gasteiger partial charge on any atom is -0.363 e. The van der Waals surface area contributed by atoms with Crippen LogP contribution in [0.3, 0.4) is 0 Å². The number of piperidine rings is 2. The molecule has 2 aliphatic carbocycles. The third-order valence-corrected chi connectivity index (χ3v) is 11.0. The molecule has 0 aromatic rings. The molecule has 0 spiro atoms. The summed E-state index contributed by atoms with van der Waals surface area (Å²) in [5.41, 5.74) is -0.808. The normalized spacial score (nSPS) is 44.1. The van der Waals surface area contributed by atoms with E-state index in [-0.39, 0.29) is 33.6 Å². The second-order valence-corrected chi connectivity index (χ2v) is 14.3. The third kappa shape index (κ3) is 3.30. The van der Waals surface area contributed by atoms with Crippen LogP contribution in [0.4, 0.5) is 0 Å². The van der Waals surface area contributed by atoms with Gasteiger partial charge in [0, 0.05) is 86.2 Å². The Morgan fingerprint density at radius 2 is 0.892 bits per heavy atom. The van der Waals surface area contributed by atoms with Gasteiger partial charge in [-0.1, -0.05) is 6.92 Å². The first-order valence-corrected chi connectivity index (χ1v) is 14.7. The summed E-state index contributed by atoms with van der Waals surface area (Å²) in [6, 6.07) is 0. The largest absolute Gasteiger partial charge is 0.363 e. The van der Waals surface area contributed by atoms with Gasteiger partial charge in [0.25, 0.3) is 0 Å². The maximum atomic E-state index is 6.49. The average molecular weight is 523 g/mol. The summed E-state index contributed by atoms with van der Waals surface area (Å²) in [7, 11) is 3.84. The second kappa shape index (κ2) is 8.59. The third-order valence-electron chi connectivity index (χ3n) is 11.0. The highest BCUT2D eigenvalue weighted by Gasteiger charge is 2.86. The van der Waals surface area contributed by atoms with Crippen molar-refractivity contribution in [1.29, 1.82) is 0 Å². The monoisotopic (exact) mass is 522 g/mol. The van der Waals surface area contributed by atoms with E-state index >= 15 is 0 Å². The molecule has 5 fully saturated rings. The maximum Gasteiger partial charge on any atom is 0.131 e. The lowest BCUT2D eigenvalue weighted by molar-refractivity contribution is -0.282. The predicted molar refractivity (Wildman–Crippen MR) is 144 cm³/mol. The van der Waals surface area contributed by atoms with E-state index in [2.05, 4.69) is 89.2 Å². The number of methoxy groups -OCH3 is 2. The number of ether oxygens (including phenoxy) is 2. The Balaban J connectivity index is 1.33. The van der Waals surface area contributed by atoms with Crippen molar-refractivity contribution in [3.63, 3.8) is 0 Å². The number of hydroxylamine groups is 4. The highest BCUT2D eigenvalue weighted by atomic mass is 16.7. The maximum absolute atomic E-state index is 6.49. The van der Waals surface area contributed by atoms with Crippen molar-refractivity contribution in [2.75, 3.05) is 53.6 Å². The van der Waals surface area contributed by atoms with E-state index in [9.17, 15) is 0 Å². The molecule has 8 heteroatoms. The van der Waals surface area contributed by atoms with Crippen molar-refractivity contribution in [1.82, 2.24) is 19.9 Å². The summed E-state index contributed by atoms with van der Waals surface area (Å²) in [5.74, 6) is 1.66. The van der Waals surface area contributed by atoms with Crippen molar-refractivity contribution in [2.45, 2.75) is 109 Å². The summed E-state index contributed by atoms with van der Waals surface area (Å²) in [4.78, 5) is 17.8. The molecule has 3 aliphatic heterocycles. The molecule has 5 rings (SSSR count). The van der Waals surface area contributed by atoms with E-state index in [1.54, 1.807) is 0 Å². The van der Waals surface area contributed by atoms with Crippen LogP contribution < -0.4 is 0 Å². The van der Waals surface area contributed by atoms with Gasteiger partial charge in [0.1, 0.15) is 11.4 Å². The van der Waals surface area contributed by atoms with Gasteiger partial charge < -0.3 is 9.47 Å². The molecule has 4 atom stereocenters. The molecule has 0 radical (unpaired) electrons. The Morgan fingerprint density at radius 3 is 1.16 bits per heavy atom. The molecule has 0 aromatic carbocycles. The van der Waals surface area contributed by atoms with Crippen LogP contribution in [-0.2, 0) is 19.1 Å². The number of fused-ring (bicyclic) bond motifs is 2. The average Bonchev–Trinajstić information content (AvgIpc) is 3.70. The first-order chi connectivity index (χ1) is 17.2. The minimum atomic E-state index is -0.227. The molecule has 0 amide bonds. The molecule has 5 aliphatic rings. The van der Waals surface area contributed by atoms with Crippen molar-refractivity contribution in [3.05, 3.63) is 0 Å². The number of hydrogen-bond acceptors (Lipinski definition) is 8. The quantitative estimate of drug-likeness (QED) is 0.453. The van der Waals surface area contributed by atoms with E-state index < -0.39 is 0 Å². The van der Waals surface area contributed by atoms with Gasteiger partial charge in [0.15, 0.2) is 0 Å². The number of hydrogen-bond donors (Lipinski definition) is 0. The van der Waals surface area contributed by atoms with Gasteiger partial charge >= 0.3 is 0 Å². The van der Waals surface area contributed by atoms with Crippen LogP contribution in [-0.4, -0.2) is 107 Å². The Kier molecular flexibility index (Phi) is 6.55. The predicted octanol–water partition coefficient (Wildman–Crippen LogP) is 3.82. The zero-order valence-corrected chi connectivity index (χ0v) is 25.7. The topological polar surface area (TPSA) is 49.9 Å². The number of nitrogens with zero attached hydrogens (tertiary/aromatic N) is 4. The zero-order valence-electron chi connectivity index (χ0n) is 25.7. The molecule has 4 unspecified atom stereocenters. The fourth-order valence-corrected chi connectivity index (χ4v) is 10.3. The van der Waals surface area contributed by atoms with E-state index in [1.165, 1.54) is 0 Å². The molecular weight excluding hydrogens is 468 g/mol. The number of rotatable bonds is 9. The van der Waals surface area contributed by atoms with Crippen molar-refractivity contribution < 1.29 is 19.1 Å². The Bertz CT molecular complexity index is 837. The van der Waals surface area contributed by atoms with Gasteiger partial charge in [-0.2, -0.15) is 10.1 Å². The van der Waals surface area contributed by atoms with Gasteiger partial charge in [-0.3, -0.25) is 19.5 Å². The first kappa shape index (κ1) is 28.2. The highest BCUT2D eigenvalue weighted by molar-refractivity contribution is 5.33. The molecule has 3 heterocycles. The molecule has 37 heavy (non-hydrogen) atoms. The molecular formula is C29H54N4O4. The van der Waals surface area contributed by atoms with Crippen LogP contribution in [0.5, 0.6) is 0 Å². The van der Waals surface area contributed by atoms with Gasteiger partial charge in [-0.25, -0.2) is 0 Å². The number of piperazine rings is 1. The lowest BCUT2D eigenvalue weighted by Gasteiger charge is -2.52. The summed E-state index contributed by atoms with van der Waals surface area (Å²) < 4.78 is 13.0. The first-order valence-electron chi connectivity index (χ1n) is 14.7. The lowest BCUT2D eigenvalue weighted by atomic mass is 9.94. The van der Waals surface area contributed by atoms with Crippen LogP contribution in [0.1, 0.15) is 75.7 Å². The van der Waals surface area contributed by atoms with Crippen LogP contribution in [0.2, 0.25) is 0 Å². The second-order valence-electron chi connectivity index (χ2n) is 14.3. The fourth-order valence-electron chi connectivity index (χ4n) is 10.3. The van der Waals surface area contributed by atoms with Gasteiger partial charge in [-0.15, -0.1) is 0 Å². The van der Waals surface area contributed by atoms with Crippen LogP contribution in [0.15, 0.2) is 0 Å². The highest BCUT2D eigenvalue weighted by Crippen LogP contribution is 2.74. The smallest absolute Gasteiger partial charge is 0.131 e. The fraction of sp³-hybridized carbons (Fsp3) is 1.00. The standard InChI is InChI=1S/C29H54N4O4/c1-13-19-37-33-26(7,8)22-23(27(33,9)10)29(22,35-12)31-17-15-30(16-18-31)28(34-11)20-21(28)25(5,6)32(36-14-2)24(20,3)4/h20-23H,13-19H2,1-12H3. The van der Waals surface area contributed by atoms with E-state index in [1.807, 2.05) is 14.2 Å². The molecule has 214 valence electrons. The lowest BCUT2D eigenvalue weighted by Crippen LogP contribution is -2.65. The molecule has 3 saturated heterocycles. The Hall–Kier alpha value is -0.320. The van der Waals surface area contributed by atoms with Gasteiger partial charge in [0.2, 0.25) is 0 Å². The van der Waals surface area contributed by atoms with Crippen molar-refractivity contribution in [3.8, 4) is 0 Å². The minimum absolute atomic E-state index is 0.0887. The van der Waals surface area contributed by atoms with Gasteiger partial charge in [-0.05, 0) is 68.7 Å². The van der Waals surface area contributed by atoms with Crippen LogP contribution >= 0.6 is 0 Å². The molecule has 0 aromatic heterocycles. The van der Waals surface area contributed by atoms with E-state index in [0.29, 0.717) is 30.3 Å². The van der Waals surface area contributed by atoms with Crippen LogP contribution in [0, 0.1) is 23.7 Å². The molecule has 2 saturated carbocycles. The molecule has 8 nitrogen and oxygen atoms in total. The summed E-state index contributed by atoms with van der Waals surface area (Å²) >= 11 is 0. The van der Waals surface area contributed by atoms with E-state index in [0.717, 1.165) is 39.2 Å². The van der Waals surface area contributed by atoms with Crippen molar-refractivity contribution in [2.24, 2.45) is 23.7 Å². The Labute approximate surface area is 225 Å². The summed E-state index contributed by atoms with van der Waals surface area (Å²) in [6.07, 6.45) is 1.02. The van der Waals surface area contributed by atoms with Gasteiger partial charge in [0.05, 0.1) is 13.2 Å². The zero-order chi connectivity index (χ0) is 27.4. The SMILES string of the molecule is CCCON1C(C)(C)C2C(C1(C)C)C2(OC)N1CCN(C2(OC)C3C2C(C)(C)N(OCC)C3(C)C)CC1.